The van der Waals surface area contributed by atoms with Crippen molar-refractivity contribution in [3.8, 4) is 0 Å². The van der Waals surface area contributed by atoms with Crippen LogP contribution in [-0.2, 0) is 4.74 Å². The summed E-state index contributed by atoms with van der Waals surface area (Å²) < 4.78 is 5.07. The minimum atomic E-state index is 0.620. The third kappa shape index (κ3) is 0.832. The minimum absolute atomic E-state index is 0.620. The van der Waals surface area contributed by atoms with Crippen LogP contribution in [0.5, 0.6) is 0 Å². The molecule has 0 bridgehead atoms. The number of allylic oxidation sites excluding steroid dienone is 1. The zero-order valence-electron chi connectivity index (χ0n) is 4.92. The van der Waals surface area contributed by atoms with Crippen LogP contribution < -0.4 is 0 Å². The second-order valence-electron chi connectivity index (χ2n) is 1.71. The molecule has 0 unspecified atom stereocenters. The molecule has 1 heterocycles. The fourth-order valence-electron chi connectivity index (χ4n) is 0.590. The Labute approximate surface area is 49.1 Å². The predicted molar refractivity (Wildman–Crippen MR) is 31.7 cm³/mol. The zero-order valence-corrected chi connectivity index (χ0v) is 4.92. The van der Waals surface area contributed by atoms with Crippen LogP contribution in [0.15, 0.2) is 24.7 Å². The molecule has 0 spiro atoms. The molecule has 44 valence electrons. The van der Waals surface area contributed by atoms with Crippen LogP contribution in [0.4, 0.5) is 0 Å². The molecule has 1 aliphatic heterocycles. The van der Waals surface area contributed by atoms with Gasteiger partial charge in [-0.05, 0) is 13.1 Å². The molecule has 2 heteroatoms. The molecule has 1 aliphatic rings. The van der Waals surface area contributed by atoms with E-state index < -0.39 is 0 Å². The van der Waals surface area contributed by atoms with Gasteiger partial charge in [-0.25, -0.2) is 0 Å². The first kappa shape index (κ1) is 5.22. The van der Waals surface area contributed by atoms with Crippen molar-refractivity contribution in [2.24, 2.45) is 0 Å². The second-order valence-corrected chi connectivity index (χ2v) is 1.71. The lowest BCUT2D eigenvalue weighted by Crippen LogP contribution is -2.04. The van der Waals surface area contributed by atoms with E-state index in [1.165, 1.54) is 0 Å². The van der Waals surface area contributed by atoms with Crippen LogP contribution in [0, 0.1) is 0 Å². The summed E-state index contributed by atoms with van der Waals surface area (Å²) in [5, 5.41) is 0. The van der Waals surface area contributed by atoms with E-state index in [0.717, 1.165) is 5.76 Å². The van der Waals surface area contributed by atoms with Gasteiger partial charge in [0.1, 0.15) is 5.76 Å². The van der Waals surface area contributed by atoms with Crippen LogP contribution in [0.3, 0.4) is 0 Å². The van der Waals surface area contributed by atoms with Gasteiger partial charge < -0.3 is 9.64 Å². The van der Waals surface area contributed by atoms with Gasteiger partial charge in [-0.15, -0.1) is 0 Å². The molecule has 0 saturated carbocycles. The van der Waals surface area contributed by atoms with Crippen molar-refractivity contribution in [3.05, 3.63) is 24.7 Å². The normalized spacial score (nSPS) is 17.6. The van der Waals surface area contributed by atoms with Crippen LogP contribution in [0.25, 0.3) is 0 Å². The SMILES string of the molecule is C=CN1C=C(C)OC1. The van der Waals surface area contributed by atoms with Crippen molar-refractivity contribution in [1.82, 2.24) is 4.90 Å². The average Bonchev–Trinajstić information content (AvgIpc) is 2.14. The lowest BCUT2D eigenvalue weighted by molar-refractivity contribution is 0.181. The second kappa shape index (κ2) is 1.90. The molecule has 1 rings (SSSR count). The van der Waals surface area contributed by atoms with Crippen LogP contribution in [-0.4, -0.2) is 11.6 Å². The topological polar surface area (TPSA) is 12.5 Å². The molecule has 0 fully saturated rings. The highest BCUT2D eigenvalue weighted by Gasteiger charge is 2.03. The quantitative estimate of drug-likeness (QED) is 0.505. The number of nitrogens with zero attached hydrogens (tertiary/aromatic N) is 1. The van der Waals surface area contributed by atoms with E-state index in [-0.39, 0.29) is 0 Å². The minimum Gasteiger partial charge on any atom is -0.476 e. The van der Waals surface area contributed by atoms with E-state index in [9.17, 15) is 0 Å². The fraction of sp³-hybridized carbons (Fsp3) is 0.333. The van der Waals surface area contributed by atoms with Gasteiger partial charge in [-0.1, -0.05) is 6.58 Å². The summed E-state index contributed by atoms with van der Waals surface area (Å²) in [4.78, 5) is 1.88. The summed E-state index contributed by atoms with van der Waals surface area (Å²) >= 11 is 0. The predicted octanol–water partition coefficient (Wildman–Crippen LogP) is 1.28. The monoisotopic (exact) mass is 111 g/mol. The highest BCUT2D eigenvalue weighted by atomic mass is 16.5. The van der Waals surface area contributed by atoms with Gasteiger partial charge in [0.15, 0.2) is 6.73 Å². The van der Waals surface area contributed by atoms with Crippen LogP contribution >= 0.6 is 0 Å². The summed E-state index contributed by atoms with van der Waals surface area (Å²) in [6, 6.07) is 0. The molecule has 0 aromatic heterocycles. The number of ether oxygens (including phenoxy) is 1. The Hall–Kier alpha value is -0.920. The van der Waals surface area contributed by atoms with Gasteiger partial charge in [-0.2, -0.15) is 0 Å². The first-order valence-electron chi connectivity index (χ1n) is 2.52. The number of hydrogen-bond acceptors (Lipinski definition) is 2. The average molecular weight is 111 g/mol. The third-order valence-corrected chi connectivity index (χ3v) is 1.02. The van der Waals surface area contributed by atoms with Gasteiger partial charge >= 0.3 is 0 Å². The third-order valence-electron chi connectivity index (χ3n) is 1.02. The molecule has 0 aromatic carbocycles. The van der Waals surface area contributed by atoms with Gasteiger partial charge in [0.2, 0.25) is 0 Å². The Morgan fingerprint density at radius 1 is 2.00 bits per heavy atom. The lowest BCUT2D eigenvalue weighted by Gasteiger charge is -2.03. The van der Waals surface area contributed by atoms with E-state index in [4.69, 9.17) is 4.74 Å². The molecule has 0 aliphatic carbocycles. The molecule has 8 heavy (non-hydrogen) atoms. The Bertz CT molecular complexity index is 128. The number of rotatable bonds is 1. The fourth-order valence-corrected chi connectivity index (χ4v) is 0.590. The highest BCUT2D eigenvalue weighted by molar-refractivity contribution is 4.96. The Kier molecular flexibility index (Phi) is 1.24. The van der Waals surface area contributed by atoms with E-state index in [2.05, 4.69) is 6.58 Å². The van der Waals surface area contributed by atoms with Crippen molar-refractivity contribution < 1.29 is 4.74 Å². The summed E-state index contributed by atoms with van der Waals surface area (Å²) in [5.74, 6) is 0.949. The maximum absolute atomic E-state index is 5.07. The van der Waals surface area contributed by atoms with Gasteiger partial charge in [0.25, 0.3) is 0 Å². The van der Waals surface area contributed by atoms with E-state index in [1.807, 2.05) is 18.0 Å². The summed E-state index contributed by atoms with van der Waals surface area (Å²) in [7, 11) is 0. The molecule has 0 atom stereocenters. The largest absolute Gasteiger partial charge is 0.476 e. The van der Waals surface area contributed by atoms with Crippen molar-refractivity contribution in [2.45, 2.75) is 6.92 Å². The van der Waals surface area contributed by atoms with E-state index in [0.29, 0.717) is 6.73 Å². The Morgan fingerprint density at radius 3 is 3.00 bits per heavy atom. The zero-order chi connectivity index (χ0) is 5.98. The first-order valence-corrected chi connectivity index (χ1v) is 2.52. The highest BCUT2D eigenvalue weighted by Crippen LogP contribution is 2.08. The van der Waals surface area contributed by atoms with Gasteiger partial charge in [-0.3, -0.25) is 0 Å². The van der Waals surface area contributed by atoms with Crippen molar-refractivity contribution >= 4 is 0 Å². The number of hydrogen-bond donors (Lipinski definition) is 0. The molecule has 0 saturated heterocycles. The first-order chi connectivity index (χ1) is 3.83. The van der Waals surface area contributed by atoms with E-state index in [1.54, 1.807) is 6.20 Å². The van der Waals surface area contributed by atoms with Crippen LogP contribution in [0.2, 0.25) is 0 Å². The molecular formula is C6H9NO. The van der Waals surface area contributed by atoms with Crippen molar-refractivity contribution in [1.29, 1.82) is 0 Å². The molecule has 2 nitrogen and oxygen atoms in total. The maximum Gasteiger partial charge on any atom is 0.164 e. The lowest BCUT2D eigenvalue weighted by atomic mass is 10.6. The molecule has 0 radical (unpaired) electrons. The van der Waals surface area contributed by atoms with Gasteiger partial charge in [0.05, 0.1) is 0 Å². The van der Waals surface area contributed by atoms with Crippen molar-refractivity contribution in [3.63, 3.8) is 0 Å². The summed E-state index contributed by atoms with van der Waals surface area (Å²) in [6.07, 6.45) is 3.64. The molecule has 0 aromatic rings. The van der Waals surface area contributed by atoms with Crippen LogP contribution in [0.1, 0.15) is 6.92 Å². The van der Waals surface area contributed by atoms with Crippen molar-refractivity contribution in [2.75, 3.05) is 6.73 Å². The molecular weight excluding hydrogens is 102 g/mol. The maximum atomic E-state index is 5.07. The molecule has 0 N–H and O–H groups in total. The van der Waals surface area contributed by atoms with E-state index >= 15 is 0 Å². The van der Waals surface area contributed by atoms with Gasteiger partial charge in [0, 0.05) is 6.20 Å². The summed E-state index contributed by atoms with van der Waals surface area (Å²) in [5.41, 5.74) is 0. The standard InChI is InChI=1S/C6H9NO/c1-3-7-4-6(2)8-5-7/h3-4H,1,5H2,2H3. The Morgan fingerprint density at radius 2 is 2.75 bits per heavy atom. The molecule has 0 amide bonds. The Balaban J connectivity index is 2.53. The smallest absolute Gasteiger partial charge is 0.164 e. The summed E-state index contributed by atoms with van der Waals surface area (Å²) in [6.45, 7) is 6.12.